The SMILES string of the molecule is CN=C(NCCCN1CCCN(C)CC1)NCc1nc(C)c(C)s1.I. The summed E-state index contributed by atoms with van der Waals surface area (Å²) < 4.78 is 0. The lowest BCUT2D eigenvalue weighted by Crippen LogP contribution is -2.38. The highest BCUT2D eigenvalue weighted by Crippen LogP contribution is 2.15. The van der Waals surface area contributed by atoms with Gasteiger partial charge in [-0.2, -0.15) is 0 Å². The molecule has 0 radical (unpaired) electrons. The van der Waals surface area contributed by atoms with Crippen LogP contribution in [-0.4, -0.2) is 74.1 Å². The summed E-state index contributed by atoms with van der Waals surface area (Å²) in [5.74, 6) is 0.858. The molecule has 1 aromatic heterocycles. The van der Waals surface area contributed by atoms with E-state index in [0.717, 1.165) is 42.7 Å². The first-order valence-electron chi connectivity index (χ1n) is 8.87. The van der Waals surface area contributed by atoms with Crippen LogP contribution in [0.3, 0.4) is 0 Å². The van der Waals surface area contributed by atoms with Crippen LogP contribution in [0.25, 0.3) is 0 Å². The fourth-order valence-corrected chi connectivity index (χ4v) is 3.70. The largest absolute Gasteiger partial charge is 0.356 e. The molecule has 0 spiro atoms. The summed E-state index contributed by atoms with van der Waals surface area (Å²) in [6.07, 6.45) is 2.42. The zero-order valence-corrected chi connectivity index (χ0v) is 19.1. The summed E-state index contributed by atoms with van der Waals surface area (Å²) >= 11 is 1.75. The van der Waals surface area contributed by atoms with E-state index >= 15 is 0 Å². The topological polar surface area (TPSA) is 55.8 Å². The molecule has 0 atom stereocenters. The Morgan fingerprint density at radius 3 is 2.68 bits per heavy atom. The number of nitrogens with one attached hydrogen (secondary N) is 2. The predicted molar refractivity (Wildman–Crippen MR) is 118 cm³/mol. The second-order valence-corrected chi connectivity index (χ2v) is 7.74. The van der Waals surface area contributed by atoms with E-state index < -0.39 is 0 Å². The molecule has 0 aliphatic carbocycles. The standard InChI is InChI=1S/C17H32N6S.HI/c1-14-15(2)24-16(21-14)13-20-17(18-3)19-7-5-9-23-10-6-8-22(4)11-12-23;/h5-13H2,1-4H3,(H2,18,19,20);1H. The van der Waals surface area contributed by atoms with Crippen LogP contribution in [0.15, 0.2) is 4.99 Å². The van der Waals surface area contributed by atoms with Crippen molar-refractivity contribution in [1.82, 2.24) is 25.4 Å². The molecule has 0 saturated carbocycles. The number of aliphatic imine (C=N–C) groups is 1. The number of thiazole rings is 1. The van der Waals surface area contributed by atoms with E-state index in [9.17, 15) is 0 Å². The molecule has 2 N–H and O–H groups in total. The van der Waals surface area contributed by atoms with E-state index in [2.05, 4.69) is 51.3 Å². The van der Waals surface area contributed by atoms with E-state index in [1.165, 1.54) is 37.5 Å². The van der Waals surface area contributed by atoms with E-state index in [4.69, 9.17) is 0 Å². The van der Waals surface area contributed by atoms with Gasteiger partial charge in [0.05, 0.1) is 12.2 Å². The molecule has 1 fully saturated rings. The molecule has 1 saturated heterocycles. The summed E-state index contributed by atoms with van der Waals surface area (Å²) in [6, 6.07) is 0. The first-order chi connectivity index (χ1) is 11.6. The van der Waals surface area contributed by atoms with Crippen LogP contribution in [0, 0.1) is 13.8 Å². The zero-order chi connectivity index (χ0) is 17.4. The number of aryl methyl sites for hydroxylation is 2. The summed E-state index contributed by atoms with van der Waals surface area (Å²) in [5, 5.41) is 7.86. The average Bonchev–Trinajstić information content (AvgIpc) is 2.75. The Bertz CT molecular complexity index is 514. The Morgan fingerprint density at radius 2 is 2.00 bits per heavy atom. The van der Waals surface area contributed by atoms with Gasteiger partial charge in [-0.15, -0.1) is 35.3 Å². The number of likely N-dealkylation sites (N-methyl/N-ethyl adjacent to an activating group) is 1. The Hall–Kier alpha value is -0.450. The molecular formula is C17H33IN6S. The summed E-state index contributed by atoms with van der Waals surface area (Å²) in [6.45, 7) is 11.8. The highest BCUT2D eigenvalue weighted by atomic mass is 127. The van der Waals surface area contributed by atoms with Crippen molar-refractivity contribution in [2.75, 3.05) is 53.4 Å². The molecule has 25 heavy (non-hydrogen) atoms. The lowest BCUT2D eigenvalue weighted by Gasteiger charge is -2.20. The maximum atomic E-state index is 4.55. The van der Waals surface area contributed by atoms with Crippen LogP contribution >= 0.6 is 35.3 Å². The smallest absolute Gasteiger partial charge is 0.191 e. The van der Waals surface area contributed by atoms with Gasteiger partial charge in [-0.25, -0.2) is 4.98 Å². The Morgan fingerprint density at radius 1 is 1.20 bits per heavy atom. The Balaban J connectivity index is 0.00000312. The number of aromatic nitrogens is 1. The quantitative estimate of drug-likeness (QED) is 0.283. The van der Waals surface area contributed by atoms with Gasteiger partial charge >= 0.3 is 0 Å². The van der Waals surface area contributed by atoms with Crippen LogP contribution in [0.4, 0.5) is 0 Å². The van der Waals surface area contributed by atoms with Gasteiger partial charge in [0.1, 0.15) is 5.01 Å². The van der Waals surface area contributed by atoms with Crippen molar-refractivity contribution in [3.05, 3.63) is 15.6 Å². The number of halogens is 1. The lowest BCUT2D eigenvalue weighted by atomic mass is 10.3. The van der Waals surface area contributed by atoms with Crippen LogP contribution in [0.2, 0.25) is 0 Å². The van der Waals surface area contributed by atoms with Crippen molar-refractivity contribution in [3.63, 3.8) is 0 Å². The van der Waals surface area contributed by atoms with Crippen LogP contribution in [0.1, 0.15) is 28.4 Å². The summed E-state index contributed by atoms with van der Waals surface area (Å²) in [5.41, 5.74) is 1.13. The molecule has 0 unspecified atom stereocenters. The van der Waals surface area contributed by atoms with E-state index in [1.807, 2.05) is 7.05 Å². The molecule has 0 bridgehead atoms. The van der Waals surface area contributed by atoms with E-state index in [-0.39, 0.29) is 24.0 Å². The third-order valence-corrected chi connectivity index (χ3v) is 5.53. The zero-order valence-electron chi connectivity index (χ0n) is 16.0. The van der Waals surface area contributed by atoms with Crippen molar-refractivity contribution in [2.45, 2.75) is 33.2 Å². The molecule has 144 valence electrons. The first-order valence-corrected chi connectivity index (χ1v) is 9.68. The molecule has 0 amide bonds. The maximum absolute atomic E-state index is 4.55. The molecule has 1 aromatic rings. The molecular weight excluding hydrogens is 447 g/mol. The second kappa shape index (κ2) is 12.0. The van der Waals surface area contributed by atoms with Crippen LogP contribution in [0.5, 0.6) is 0 Å². The van der Waals surface area contributed by atoms with Gasteiger partial charge < -0.3 is 20.4 Å². The molecule has 0 aromatic carbocycles. The minimum Gasteiger partial charge on any atom is -0.356 e. The van der Waals surface area contributed by atoms with Crippen molar-refractivity contribution in [3.8, 4) is 0 Å². The molecule has 8 heteroatoms. The summed E-state index contributed by atoms with van der Waals surface area (Å²) in [7, 11) is 4.03. The minimum absolute atomic E-state index is 0. The normalized spacial score (nSPS) is 17.0. The number of hydrogen-bond acceptors (Lipinski definition) is 5. The van der Waals surface area contributed by atoms with Gasteiger partial charge in [0.2, 0.25) is 0 Å². The predicted octanol–water partition coefficient (Wildman–Crippen LogP) is 2.07. The minimum atomic E-state index is 0. The van der Waals surface area contributed by atoms with Crippen molar-refractivity contribution in [2.24, 2.45) is 4.99 Å². The highest BCUT2D eigenvalue weighted by Gasteiger charge is 2.11. The summed E-state index contributed by atoms with van der Waals surface area (Å²) in [4.78, 5) is 15.1. The highest BCUT2D eigenvalue weighted by molar-refractivity contribution is 14.0. The fraction of sp³-hybridized carbons (Fsp3) is 0.765. The molecule has 6 nitrogen and oxygen atoms in total. The van der Waals surface area contributed by atoms with Crippen LogP contribution < -0.4 is 10.6 Å². The average molecular weight is 480 g/mol. The maximum Gasteiger partial charge on any atom is 0.191 e. The van der Waals surface area contributed by atoms with Gasteiger partial charge in [-0.05, 0) is 53.4 Å². The number of nitrogens with zero attached hydrogens (tertiary/aromatic N) is 4. The third kappa shape index (κ3) is 8.19. The second-order valence-electron chi connectivity index (χ2n) is 6.45. The first kappa shape index (κ1) is 22.6. The van der Waals surface area contributed by atoms with Crippen LogP contribution in [-0.2, 0) is 6.54 Å². The van der Waals surface area contributed by atoms with Gasteiger partial charge in [-0.1, -0.05) is 0 Å². The van der Waals surface area contributed by atoms with Crippen molar-refractivity contribution in [1.29, 1.82) is 0 Å². The van der Waals surface area contributed by atoms with Crippen molar-refractivity contribution >= 4 is 41.3 Å². The van der Waals surface area contributed by atoms with Crippen molar-refractivity contribution < 1.29 is 0 Å². The molecule has 2 heterocycles. The Kier molecular flexibility index (Phi) is 10.9. The van der Waals surface area contributed by atoms with Gasteiger partial charge in [0.25, 0.3) is 0 Å². The van der Waals surface area contributed by atoms with Gasteiger partial charge in [0, 0.05) is 31.6 Å². The van der Waals surface area contributed by atoms with Gasteiger partial charge in [-0.3, -0.25) is 4.99 Å². The molecule has 2 rings (SSSR count). The fourth-order valence-electron chi connectivity index (χ4n) is 2.83. The number of rotatable bonds is 6. The van der Waals surface area contributed by atoms with E-state index in [0.29, 0.717) is 0 Å². The molecule has 1 aliphatic rings. The third-order valence-electron chi connectivity index (χ3n) is 4.46. The molecule has 1 aliphatic heterocycles. The monoisotopic (exact) mass is 480 g/mol. The lowest BCUT2D eigenvalue weighted by molar-refractivity contribution is 0.274. The number of guanidine groups is 1. The number of hydrogen-bond donors (Lipinski definition) is 2. The van der Waals surface area contributed by atoms with Gasteiger partial charge in [0.15, 0.2) is 5.96 Å². The van der Waals surface area contributed by atoms with E-state index in [1.54, 1.807) is 11.3 Å². The Labute approximate surface area is 173 Å².